The van der Waals surface area contributed by atoms with Gasteiger partial charge in [-0.1, -0.05) is 0 Å². The molecule has 0 atom stereocenters. The molecule has 0 radical (unpaired) electrons. The van der Waals surface area contributed by atoms with Crippen LogP contribution >= 0.6 is 18.8 Å². The number of hydrogen-bond acceptors (Lipinski definition) is 0. The van der Waals surface area contributed by atoms with E-state index in [0.717, 1.165) is 0 Å². The summed E-state index contributed by atoms with van der Waals surface area (Å²) in [5.41, 5.74) is 0. The van der Waals surface area contributed by atoms with Crippen LogP contribution in [0.2, 0.25) is 0 Å². The summed E-state index contributed by atoms with van der Waals surface area (Å²) in [7, 11) is 9.75. The van der Waals surface area contributed by atoms with Gasteiger partial charge in [0.1, 0.15) is 0 Å². The summed E-state index contributed by atoms with van der Waals surface area (Å²) in [5.74, 6) is 0. The fraction of sp³-hybridized carbons (Fsp3) is 0. The molecule has 0 aromatic rings. The Balaban J connectivity index is 0. The Bertz CT molecular complexity index is 11.6. The van der Waals surface area contributed by atoms with Crippen molar-refractivity contribution in [3.8, 4) is 0 Å². The molecule has 0 amide bonds. The standard InChI is InChI=1S/C2H4.2ClH.Pt/c1-2;;;/h1-2H2;2*1H;/q;;;+4/p-2. The van der Waals surface area contributed by atoms with E-state index in [2.05, 4.69) is 13.2 Å². The van der Waals surface area contributed by atoms with Gasteiger partial charge in [0.2, 0.25) is 0 Å². The molecule has 0 bridgehead atoms. The molecular formula is C2H4Cl2Pt+2. The Kier molecular flexibility index (Phi) is 37.4. The van der Waals surface area contributed by atoms with Crippen LogP contribution in [0.5, 0.6) is 0 Å². The molecule has 0 aliphatic rings. The summed E-state index contributed by atoms with van der Waals surface area (Å²) >= 11 is -0.472. The summed E-state index contributed by atoms with van der Waals surface area (Å²) < 4.78 is 0. The zero-order valence-corrected chi connectivity index (χ0v) is 6.27. The summed E-state index contributed by atoms with van der Waals surface area (Å²) in [4.78, 5) is 0. The van der Waals surface area contributed by atoms with Gasteiger partial charge in [-0.15, -0.1) is 13.2 Å². The van der Waals surface area contributed by atoms with Crippen LogP contribution in [0.3, 0.4) is 0 Å². The average Bonchev–Trinajstić information content (AvgIpc) is 1.46. The summed E-state index contributed by atoms with van der Waals surface area (Å²) in [6, 6.07) is 0. The van der Waals surface area contributed by atoms with Crippen molar-refractivity contribution in [1.82, 2.24) is 0 Å². The third-order valence-corrected chi connectivity index (χ3v) is 0. The molecule has 0 spiro atoms. The quantitative estimate of drug-likeness (QED) is 0.601. The second-order valence-electron chi connectivity index (χ2n) is 0.0452. The van der Waals surface area contributed by atoms with E-state index < -0.39 is 16.5 Å². The molecule has 0 N–H and O–H groups in total. The number of hydrogen-bond donors (Lipinski definition) is 0. The van der Waals surface area contributed by atoms with Crippen molar-refractivity contribution < 1.29 is 16.5 Å². The molecule has 0 aliphatic heterocycles. The Labute approximate surface area is 48.5 Å². The topological polar surface area (TPSA) is 0 Å². The van der Waals surface area contributed by atoms with Crippen molar-refractivity contribution in [2.24, 2.45) is 0 Å². The van der Waals surface area contributed by atoms with Gasteiger partial charge in [-0.2, -0.15) is 0 Å². The van der Waals surface area contributed by atoms with Crippen molar-refractivity contribution in [3.05, 3.63) is 13.2 Å². The van der Waals surface area contributed by atoms with E-state index in [4.69, 9.17) is 18.8 Å². The molecule has 0 saturated carbocycles. The molecule has 0 nitrogen and oxygen atoms in total. The van der Waals surface area contributed by atoms with Gasteiger partial charge in [0.15, 0.2) is 0 Å². The number of halogens is 2. The number of rotatable bonds is 0. The molecule has 5 heavy (non-hydrogen) atoms. The fourth-order valence-electron chi connectivity index (χ4n) is 0. The Morgan fingerprint density at radius 3 is 1.20 bits per heavy atom. The zero-order valence-electron chi connectivity index (χ0n) is 2.49. The van der Waals surface area contributed by atoms with Gasteiger partial charge in [-0.05, 0) is 0 Å². The molecular weight excluding hydrogens is 290 g/mol. The van der Waals surface area contributed by atoms with Crippen molar-refractivity contribution in [2.45, 2.75) is 0 Å². The molecule has 0 rings (SSSR count). The van der Waals surface area contributed by atoms with E-state index in [1.165, 1.54) is 0 Å². The first kappa shape index (κ1) is 9.38. The van der Waals surface area contributed by atoms with Crippen molar-refractivity contribution in [1.29, 1.82) is 0 Å². The first-order valence-electron chi connectivity index (χ1n) is 0.739. The van der Waals surface area contributed by atoms with Crippen molar-refractivity contribution >= 4 is 18.8 Å². The SMILES string of the molecule is C=C.[Cl][Pt+2][Cl]. The Morgan fingerprint density at radius 1 is 1.20 bits per heavy atom. The van der Waals surface area contributed by atoms with Gasteiger partial charge < -0.3 is 0 Å². The van der Waals surface area contributed by atoms with Crippen LogP contribution in [0.1, 0.15) is 0 Å². The van der Waals surface area contributed by atoms with Crippen molar-refractivity contribution in [3.63, 3.8) is 0 Å². The van der Waals surface area contributed by atoms with Gasteiger partial charge in [0.05, 0.1) is 0 Å². The molecule has 0 aromatic heterocycles. The van der Waals surface area contributed by atoms with Gasteiger partial charge in [-0.25, -0.2) is 0 Å². The van der Waals surface area contributed by atoms with Gasteiger partial charge in [-0.3, -0.25) is 0 Å². The maximum absolute atomic E-state index is 4.88. The molecule has 34 valence electrons. The van der Waals surface area contributed by atoms with E-state index in [9.17, 15) is 0 Å². The van der Waals surface area contributed by atoms with Crippen LogP contribution < -0.4 is 0 Å². The molecule has 3 heteroatoms. The second-order valence-corrected chi connectivity index (χ2v) is 3.33. The van der Waals surface area contributed by atoms with Crippen LogP contribution in [0.25, 0.3) is 0 Å². The van der Waals surface area contributed by atoms with Gasteiger partial charge >= 0.3 is 35.3 Å². The third kappa shape index (κ3) is 44.6. The van der Waals surface area contributed by atoms with Crippen LogP contribution in [0, 0.1) is 0 Å². The molecule has 0 heterocycles. The van der Waals surface area contributed by atoms with Gasteiger partial charge in [0, 0.05) is 0 Å². The van der Waals surface area contributed by atoms with Crippen molar-refractivity contribution in [2.75, 3.05) is 0 Å². The van der Waals surface area contributed by atoms with Crippen LogP contribution in [0.4, 0.5) is 0 Å². The van der Waals surface area contributed by atoms with E-state index in [-0.39, 0.29) is 0 Å². The summed E-state index contributed by atoms with van der Waals surface area (Å²) in [6.45, 7) is 6.00. The van der Waals surface area contributed by atoms with Gasteiger partial charge in [0.25, 0.3) is 0 Å². The van der Waals surface area contributed by atoms with E-state index in [1.54, 1.807) is 0 Å². The third-order valence-electron chi connectivity index (χ3n) is 0. The monoisotopic (exact) mass is 293 g/mol. The van der Waals surface area contributed by atoms with Crippen LogP contribution in [-0.2, 0) is 16.5 Å². The minimum absolute atomic E-state index is 0.472. The van der Waals surface area contributed by atoms with E-state index in [1.807, 2.05) is 0 Å². The van der Waals surface area contributed by atoms with E-state index in [0.29, 0.717) is 0 Å². The molecule has 0 aromatic carbocycles. The first-order chi connectivity index (χ1) is 2.41. The van der Waals surface area contributed by atoms with E-state index >= 15 is 0 Å². The Morgan fingerprint density at radius 2 is 1.20 bits per heavy atom. The fourth-order valence-corrected chi connectivity index (χ4v) is 0. The Hall–Kier alpha value is 1.01. The predicted molar refractivity (Wildman–Crippen MR) is 23.0 cm³/mol. The molecule has 0 fully saturated rings. The second kappa shape index (κ2) is 20.0. The maximum atomic E-state index is 4.88. The summed E-state index contributed by atoms with van der Waals surface area (Å²) in [5, 5.41) is 0. The normalized spacial score (nSPS) is 5.20. The van der Waals surface area contributed by atoms with Crippen LogP contribution in [-0.4, -0.2) is 0 Å². The molecule has 0 saturated heterocycles. The molecule has 0 unspecified atom stereocenters. The average molecular weight is 294 g/mol. The minimum atomic E-state index is -0.472. The first-order valence-corrected chi connectivity index (χ1v) is 6.37. The summed E-state index contributed by atoms with van der Waals surface area (Å²) in [6.07, 6.45) is 0. The predicted octanol–water partition coefficient (Wildman–Crippen LogP) is 2.18. The zero-order chi connectivity index (χ0) is 4.71. The van der Waals surface area contributed by atoms with Crippen LogP contribution in [0.15, 0.2) is 13.2 Å². The molecule has 0 aliphatic carbocycles.